The Morgan fingerprint density at radius 1 is 1.03 bits per heavy atom. The number of carboxylic acids is 1. The molecule has 0 bridgehead atoms. The van der Waals surface area contributed by atoms with E-state index in [1.165, 1.54) is 5.56 Å². The predicted molar refractivity (Wildman–Crippen MR) is 117 cm³/mol. The summed E-state index contributed by atoms with van der Waals surface area (Å²) in [5.74, 6) is -0.492. The number of rotatable bonds is 6. The molecule has 3 aromatic rings. The SMILES string of the molecule is CCC(CC)Nc1c(C(=O)O)c(C)nc2c(-c3c(C)cc(C)cc3C)c(C)nn12. The average molecular weight is 395 g/mol. The molecule has 0 aliphatic rings. The fourth-order valence-corrected chi connectivity index (χ4v) is 4.21. The molecule has 1 aromatic carbocycles. The lowest BCUT2D eigenvalue weighted by Crippen LogP contribution is -2.23. The average Bonchev–Trinajstić information content (AvgIpc) is 2.94. The Kier molecular flexibility index (Phi) is 5.64. The van der Waals surface area contributed by atoms with Crippen molar-refractivity contribution in [2.24, 2.45) is 0 Å². The van der Waals surface area contributed by atoms with Gasteiger partial charge in [-0.25, -0.2) is 9.78 Å². The Hall–Kier alpha value is -2.89. The van der Waals surface area contributed by atoms with Crippen molar-refractivity contribution in [3.8, 4) is 11.1 Å². The van der Waals surface area contributed by atoms with Gasteiger partial charge in [0.2, 0.25) is 0 Å². The Balaban J connectivity index is 2.39. The molecular formula is C23H30N4O2. The third-order valence-electron chi connectivity index (χ3n) is 5.59. The molecule has 6 heteroatoms. The second-order valence-electron chi connectivity index (χ2n) is 7.85. The zero-order valence-corrected chi connectivity index (χ0v) is 18.3. The van der Waals surface area contributed by atoms with Gasteiger partial charge in [0.1, 0.15) is 11.4 Å². The molecule has 154 valence electrons. The number of fused-ring (bicyclic) bond motifs is 1. The fourth-order valence-electron chi connectivity index (χ4n) is 4.21. The van der Waals surface area contributed by atoms with Gasteiger partial charge in [-0.3, -0.25) is 0 Å². The van der Waals surface area contributed by atoms with E-state index in [1.807, 2.05) is 6.92 Å². The van der Waals surface area contributed by atoms with Crippen molar-refractivity contribution in [2.75, 3.05) is 5.32 Å². The lowest BCUT2D eigenvalue weighted by Gasteiger charge is -2.20. The number of carboxylic acid groups (broad SMARTS) is 1. The third-order valence-corrected chi connectivity index (χ3v) is 5.59. The van der Waals surface area contributed by atoms with Crippen molar-refractivity contribution in [3.63, 3.8) is 0 Å². The van der Waals surface area contributed by atoms with E-state index in [1.54, 1.807) is 11.4 Å². The van der Waals surface area contributed by atoms with Crippen LogP contribution >= 0.6 is 0 Å². The smallest absolute Gasteiger partial charge is 0.341 e. The normalized spacial score (nSPS) is 11.4. The maximum Gasteiger partial charge on any atom is 0.341 e. The number of hydrogen-bond donors (Lipinski definition) is 2. The number of nitrogens with zero attached hydrogens (tertiary/aromatic N) is 3. The van der Waals surface area contributed by atoms with Crippen molar-refractivity contribution in [1.29, 1.82) is 0 Å². The van der Waals surface area contributed by atoms with Crippen molar-refractivity contribution in [2.45, 2.75) is 67.3 Å². The molecule has 0 aliphatic carbocycles. The molecule has 0 saturated heterocycles. The highest BCUT2D eigenvalue weighted by Crippen LogP contribution is 2.35. The minimum absolute atomic E-state index is 0.161. The van der Waals surface area contributed by atoms with E-state index in [2.05, 4.69) is 52.1 Å². The van der Waals surface area contributed by atoms with Crippen LogP contribution in [-0.2, 0) is 0 Å². The lowest BCUT2D eigenvalue weighted by molar-refractivity contribution is 0.0696. The Bertz CT molecular complexity index is 1070. The minimum Gasteiger partial charge on any atom is -0.477 e. The molecule has 0 unspecified atom stereocenters. The highest BCUT2D eigenvalue weighted by atomic mass is 16.4. The summed E-state index contributed by atoms with van der Waals surface area (Å²) in [5.41, 5.74) is 7.81. The summed E-state index contributed by atoms with van der Waals surface area (Å²) in [4.78, 5) is 16.7. The molecule has 2 heterocycles. The van der Waals surface area contributed by atoms with Gasteiger partial charge in [0.15, 0.2) is 5.65 Å². The van der Waals surface area contributed by atoms with Crippen LogP contribution < -0.4 is 5.32 Å². The topological polar surface area (TPSA) is 79.5 Å². The molecule has 29 heavy (non-hydrogen) atoms. The van der Waals surface area contributed by atoms with Crippen LogP contribution in [0.4, 0.5) is 5.82 Å². The summed E-state index contributed by atoms with van der Waals surface area (Å²) in [7, 11) is 0. The van der Waals surface area contributed by atoms with Crippen molar-refractivity contribution in [1.82, 2.24) is 14.6 Å². The van der Waals surface area contributed by atoms with Gasteiger partial charge in [0.05, 0.1) is 17.0 Å². The number of nitrogens with one attached hydrogen (secondary N) is 1. The van der Waals surface area contributed by atoms with Gasteiger partial charge in [-0.1, -0.05) is 31.5 Å². The molecule has 0 saturated carbocycles. The number of benzene rings is 1. The van der Waals surface area contributed by atoms with Crippen molar-refractivity contribution in [3.05, 3.63) is 45.8 Å². The monoisotopic (exact) mass is 394 g/mol. The van der Waals surface area contributed by atoms with Crippen LogP contribution in [0.15, 0.2) is 12.1 Å². The second kappa shape index (κ2) is 7.85. The molecule has 0 fully saturated rings. The summed E-state index contributed by atoms with van der Waals surface area (Å²) in [5, 5.41) is 18.0. The fraction of sp³-hybridized carbons (Fsp3) is 0.435. The molecule has 2 N–H and O–H groups in total. The second-order valence-corrected chi connectivity index (χ2v) is 7.85. The molecule has 0 aliphatic heterocycles. The van der Waals surface area contributed by atoms with Crippen LogP contribution in [0.25, 0.3) is 16.8 Å². The zero-order chi connectivity index (χ0) is 21.5. The van der Waals surface area contributed by atoms with Crippen LogP contribution in [0.1, 0.15) is 65.1 Å². The molecule has 0 radical (unpaired) electrons. The first-order chi connectivity index (χ1) is 13.7. The van der Waals surface area contributed by atoms with E-state index in [9.17, 15) is 9.90 Å². The number of aryl methyl sites for hydroxylation is 5. The first-order valence-corrected chi connectivity index (χ1v) is 10.2. The maximum atomic E-state index is 12.0. The number of aromatic carboxylic acids is 1. The molecule has 0 atom stereocenters. The van der Waals surface area contributed by atoms with Crippen LogP contribution in [0.3, 0.4) is 0 Å². The van der Waals surface area contributed by atoms with Crippen LogP contribution in [-0.4, -0.2) is 31.7 Å². The highest BCUT2D eigenvalue weighted by molar-refractivity contribution is 5.96. The molecule has 2 aromatic heterocycles. The summed E-state index contributed by atoms with van der Waals surface area (Å²) in [6.45, 7) is 14.2. The molecule has 0 spiro atoms. The Labute approximate surface area is 172 Å². The van der Waals surface area contributed by atoms with E-state index < -0.39 is 5.97 Å². The Morgan fingerprint density at radius 2 is 1.62 bits per heavy atom. The van der Waals surface area contributed by atoms with E-state index in [0.717, 1.165) is 40.8 Å². The van der Waals surface area contributed by atoms with Crippen LogP contribution in [0, 0.1) is 34.6 Å². The first kappa shape index (κ1) is 20.8. The van der Waals surface area contributed by atoms with Gasteiger partial charge in [-0.15, -0.1) is 0 Å². The lowest BCUT2D eigenvalue weighted by atomic mass is 9.94. The summed E-state index contributed by atoms with van der Waals surface area (Å²) >= 11 is 0. The van der Waals surface area contributed by atoms with E-state index >= 15 is 0 Å². The first-order valence-electron chi connectivity index (χ1n) is 10.2. The van der Waals surface area contributed by atoms with Gasteiger partial charge in [0.25, 0.3) is 0 Å². The quantitative estimate of drug-likeness (QED) is 0.598. The number of aromatic nitrogens is 3. The summed E-state index contributed by atoms with van der Waals surface area (Å²) < 4.78 is 1.68. The van der Waals surface area contributed by atoms with Crippen LogP contribution in [0.2, 0.25) is 0 Å². The molecular weight excluding hydrogens is 364 g/mol. The number of hydrogen-bond acceptors (Lipinski definition) is 4. The van der Waals surface area contributed by atoms with Crippen LogP contribution in [0.5, 0.6) is 0 Å². The van der Waals surface area contributed by atoms with Gasteiger partial charge in [-0.05, 0) is 64.2 Å². The van der Waals surface area contributed by atoms with E-state index in [0.29, 0.717) is 17.2 Å². The standard InChI is InChI=1S/C23H30N4O2/c1-8-17(9-2)25-22-20(23(28)29)15(6)24-21-19(16(7)26-27(21)22)18-13(4)10-12(3)11-14(18)5/h10-11,17,25H,8-9H2,1-7H3,(H,28,29). The van der Waals surface area contributed by atoms with Gasteiger partial charge >= 0.3 is 5.97 Å². The number of carbonyl (C=O) groups is 1. The zero-order valence-electron chi connectivity index (χ0n) is 18.3. The van der Waals surface area contributed by atoms with Crippen molar-refractivity contribution >= 4 is 17.4 Å². The Morgan fingerprint density at radius 3 is 2.14 bits per heavy atom. The van der Waals surface area contributed by atoms with Crippen molar-refractivity contribution < 1.29 is 9.90 Å². The van der Waals surface area contributed by atoms with E-state index in [4.69, 9.17) is 10.1 Å². The molecule has 3 rings (SSSR count). The van der Waals surface area contributed by atoms with Gasteiger partial charge < -0.3 is 10.4 Å². The molecule has 0 amide bonds. The third kappa shape index (κ3) is 3.59. The summed E-state index contributed by atoms with van der Waals surface area (Å²) in [6, 6.07) is 4.48. The number of anilines is 1. The van der Waals surface area contributed by atoms with E-state index in [-0.39, 0.29) is 11.6 Å². The predicted octanol–water partition coefficient (Wildman–Crippen LogP) is 5.24. The molecule has 6 nitrogen and oxygen atoms in total. The minimum atomic E-state index is -0.997. The highest BCUT2D eigenvalue weighted by Gasteiger charge is 2.25. The maximum absolute atomic E-state index is 12.0. The summed E-state index contributed by atoms with van der Waals surface area (Å²) in [6.07, 6.45) is 1.78. The van der Waals surface area contributed by atoms with Gasteiger partial charge in [-0.2, -0.15) is 9.61 Å². The van der Waals surface area contributed by atoms with Gasteiger partial charge in [0, 0.05) is 6.04 Å². The largest absolute Gasteiger partial charge is 0.477 e.